The van der Waals surface area contributed by atoms with Crippen LogP contribution in [0.1, 0.15) is 18.1 Å². The van der Waals surface area contributed by atoms with Crippen LogP contribution in [0, 0.1) is 11.3 Å². The Bertz CT molecular complexity index is 485. The van der Waals surface area contributed by atoms with E-state index in [0.29, 0.717) is 23.8 Å². The van der Waals surface area contributed by atoms with Crippen molar-refractivity contribution in [3.63, 3.8) is 0 Å². The summed E-state index contributed by atoms with van der Waals surface area (Å²) in [4.78, 5) is 0. The zero-order valence-corrected chi connectivity index (χ0v) is 10.9. The van der Waals surface area contributed by atoms with Gasteiger partial charge in [-0.25, -0.2) is 0 Å². The summed E-state index contributed by atoms with van der Waals surface area (Å²) < 4.78 is 5.19. The van der Waals surface area contributed by atoms with E-state index in [1.54, 1.807) is 6.07 Å². The van der Waals surface area contributed by atoms with Crippen LogP contribution in [0.3, 0.4) is 0 Å². The lowest BCUT2D eigenvalue weighted by Gasteiger charge is -2.19. The van der Waals surface area contributed by atoms with Crippen molar-refractivity contribution in [3.8, 4) is 6.07 Å². The van der Waals surface area contributed by atoms with Crippen LogP contribution in [0.4, 0.5) is 5.69 Å². The first kappa shape index (κ1) is 13.2. The lowest BCUT2D eigenvalue weighted by molar-refractivity contribution is 0.125. The first-order valence-electron chi connectivity index (χ1n) is 5.91. The summed E-state index contributed by atoms with van der Waals surface area (Å²) in [6, 6.07) is 5.45. The number of hydrogen-bond acceptors (Lipinski definition) is 4. The normalized spacial score (nSPS) is 22.8. The van der Waals surface area contributed by atoms with Crippen LogP contribution in [0.5, 0.6) is 0 Å². The standard InChI is InChI=1S/C13H15ClN2O2/c1-2-9-10(4-3-8(5-15)13(9)14)16-11-6-18-7-12(11)17/h3-4,11-12,16-17H,2,6-7H2,1H3. The number of aliphatic hydroxyl groups is 1. The van der Waals surface area contributed by atoms with E-state index in [1.165, 1.54) is 0 Å². The van der Waals surface area contributed by atoms with Gasteiger partial charge in [-0.2, -0.15) is 5.26 Å². The zero-order valence-electron chi connectivity index (χ0n) is 10.1. The lowest BCUT2D eigenvalue weighted by Crippen LogP contribution is -2.32. The number of halogens is 1. The van der Waals surface area contributed by atoms with E-state index in [4.69, 9.17) is 21.6 Å². The first-order valence-corrected chi connectivity index (χ1v) is 6.29. The molecule has 1 aromatic rings. The first-order chi connectivity index (χ1) is 8.67. The fraction of sp³-hybridized carbons (Fsp3) is 0.462. The molecule has 1 heterocycles. The van der Waals surface area contributed by atoms with E-state index < -0.39 is 6.10 Å². The average Bonchev–Trinajstić information content (AvgIpc) is 2.76. The predicted octanol–water partition coefficient (Wildman–Crippen LogP) is 1.95. The molecule has 5 heteroatoms. The number of nitrogens with zero attached hydrogens (tertiary/aromatic N) is 1. The van der Waals surface area contributed by atoms with Crippen LogP contribution < -0.4 is 5.32 Å². The highest BCUT2D eigenvalue weighted by Crippen LogP contribution is 2.29. The number of aliphatic hydroxyl groups excluding tert-OH is 1. The summed E-state index contributed by atoms with van der Waals surface area (Å²) in [6.45, 7) is 2.81. The topological polar surface area (TPSA) is 65.3 Å². The van der Waals surface area contributed by atoms with Crippen molar-refractivity contribution in [3.05, 3.63) is 28.3 Å². The summed E-state index contributed by atoms with van der Waals surface area (Å²) >= 11 is 6.18. The highest BCUT2D eigenvalue weighted by molar-refractivity contribution is 6.32. The number of anilines is 1. The summed E-state index contributed by atoms with van der Waals surface area (Å²) in [7, 11) is 0. The molecule has 2 rings (SSSR count). The summed E-state index contributed by atoms with van der Waals surface area (Å²) in [5, 5.41) is 22.4. The molecule has 1 saturated heterocycles. The highest BCUT2D eigenvalue weighted by atomic mass is 35.5. The number of hydrogen-bond donors (Lipinski definition) is 2. The third-order valence-electron chi connectivity index (χ3n) is 3.11. The Morgan fingerprint density at radius 3 is 2.89 bits per heavy atom. The van der Waals surface area contributed by atoms with Crippen LogP contribution in [-0.2, 0) is 11.2 Å². The third-order valence-corrected chi connectivity index (χ3v) is 3.54. The van der Waals surface area contributed by atoms with Gasteiger partial charge in [0.25, 0.3) is 0 Å². The molecule has 0 amide bonds. The van der Waals surface area contributed by atoms with Crippen LogP contribution in [0.15, 0.2) is 12.1 Å². The largest absolute Gasteiger partial charge is 0.388 e. The number of rotatable bonds is 3. The molecule has 1 fully saturated rings. The smallest absolute Gasteiger partial charge is 0.101 e. The van der Waals surface area contributed by atoms with Gasteiger partial charge in [0.2, 0.25) is 0 Å². The van der Waals surface area contributed by atoms with Crippen LogP contribution in [-0.4, -0.2) is 30.5 Å². The molecule has 4 nitrogen and oxygen atoms in total. The van der Waals surface area contributed by atoms with Gasteiger partial charge in [0.05, 0.1) is 35.9 Å². The zero-order chi connectivity index (χ0) is 13.1. The molecule has 0 radical (unpaired) electrons. The Morgan fingerprint density at radius 1 is 1.56 bits per heavy atom. The third kappa shape index (κ3) is 2.44. The molecule has 2 unspecified atom stereocenters. The molecule has 0 spiro atoms. The molecule has 18 heavy (non-hydrogen) atoms. The quantitative estimate of drug-likeness (QED) is 0.878. The van der Waals surface area contributed by atoms with Crippen LogP contribution in [0.2, 0.25) is 5.02 Å². The van der Waals surface area contributed by atoms with Gasteiger partial charge in [0, 0.05) is 5.69 Å². The monoisotopic (exact) mass is 266 g/mol. The van der Waals surface area contributed by atoms with Crippen molar-refractivity contribution >= 4 is 17.3 Å². The molecule has 0 aromatic heterocycles. The number of benzene rings is 1. The van der Waals surface area contributed by atoms with Gasteiger partial charge >= 0.3 is 0 Å². The second-order valence-electron chi connectivity index (χ2n) is 4.27. The fourth-order valence-corrected chi connectivity index (χ4v) is 2.41. The minimum Gasteiger partial charge on any atom is -0.388 e. The molecule has 1 aliphatic rings. The van der Waals surface area contributed by atoms with Gasteiger partial charge < -0.3 is 15.2 Å². The lowest BCUT2D eigenvalue weighted by atomic mass is 10.1. The average molecular weight is 267 g/mol. The minimum absolute atomic E-state index is 0.126. The molecule has 0 saturated carbocycles. The molecule has 2 atom stereocenters. The van der Waals surface area contributed by atoms with E-state index in [-0.39, 0.29) is 6.04 Å². The van der Waals surface area contributed by atoms with Crippen molar-refractivity contribution in [1.29, 1.82) is 5.26 Å². The van der Waals surface area contributed by atoms with Crippen LogP contribution in [0.25, 0.3) is 0 Å². The van der Waals surface area contributed by atoms with Gasteiger partial charge in [0.15, 0.2) is 0 Å². The Kier molecular flexibility index (Phi) is 4.07. The predicted molar refractivity (Wildman–Crippen MR) is 69.8 cm³/mol. The maximum absolute atomic E-state index is 9.71. The SMILES string of the molecule is CCc1c(NC2COCC2O)ccc(C#N)c1Cl. The molecular weight excluding hydrogens is 252 g/mol. The van der Waals surface area contributed by atoms with Crippen molar-refractivity contribution in [1.82, 2.24) is 0 Å². The van der Waals surface area contributed by atoms with Gasteiger partial charge in [-0.3, -0.25) is 0 Å². The Morgan fingerprint density at radius 2 is 2.33 bits per heavy atom. The molecule has 1 aliphatic heterocycles. The highest BCUT2D eigenvalue weighted by Gasteiger charge is 2.26. The molecule has 96 valence electrons. The molecule has 1 aromatic carbocycles. The van der Waals surface area contributed by atoms with E-state index in [9.17, 15) is 5.11 Å². The molecule has 0 bridgehead atoms. The van der Waals surface area contributed by atoms with Crippen LogP contribution >= 0.6 is 11.6 Å². The molecule has 2 N–H and O–H groups in total. The van der Waals surface area contributed by atoms with E-state index >= 15 is 0 Å². The number of nitrogens with one attached hydrogen (secondary N) is 1. The second-order valence-corrected chi connectivity index (χ2v) is 4.65. The van der Waals surface area contributed by atoms with E-state index in [0.717, 1.165) is 17.7 Å². The van der Waals surface area contributed by atoms with E-state index in [1.807, 2.05) is 13.0 Å². The van der Waals surface area contributed by atoms with Gasteiger partial charge in [-0.05, 0) is 24.1 Å². The van der Waals surface area contributed by atoms with Crippen molar-refractivity contribution < 1.29 is 9.84 Å². The minimum atomic E-state index is -0.510. The van der Waals surface area contributed by atoms with Crippen molar-refractivity contribution in [2.24, 2.45) is 0 Å². The van der Waals surface area contributed by atoms with E-state index in [2.05, 4.69) is 11.4 Å². The second kappa shape index (κ2) is 5.57. The Balaban J connectivity index is 2.28. The van der Waals surface area contributed by atoms with Crippen molar-refractivity contribution in [2.45, 2.75) is 25.5 Å². The fourth-order valence-electron chi connectivity index (χ4n) is 2.07. The molecule has 0 aliphatic carbocycles. The van der Waals surface area contributed by atoms with Crippen molar-refractivity contribution in [2.75, 3.05) is 18.5 Å². The maximum Gasteiger partial charge on any atom is 0.101 e. The van der Waals surface area contributed by atoms with Gasteiger partial charge in [-0.1, -0.05) is 18.5 Å². The number of nitriles is 1. The Hall–Kier alpha value is -1.28. The summed E-state index contributed by atoms with van der Waals surface area (Å²) in [5.41, 5.74) is 2.23. The Labute approximate surface area is 111 Å². The summed E-state index contributed by atoms with van der Waals surface area (Å²) in [5.74, 6) is 0. The van der Waals surface area contributed by atoms with Gasteiger partial charge in [0.1, 0.15) is 6.07 Å². The summed E-state index contributed by atoms with van der Waals surface area (Å²) in [6.07, 6.45) is 0.213. The maximum atomic E-state index is 9.71. The van der Waals surface area contributed by atoms with Gasteiger partial charge in [-0.15, -0.1) is 0 Å². The number of ether oxygens (including phenoxy) is 1. The molecular formula is C13H15ClN2O2.